The molecule has 2 aromatic rings. The Labute approximate surface area is 134 Å². The first kappa shape index (κ1) is 15.1. The molecule has 0 fully saturated rings. The predicted molar refractivity (Wildman–Crippen MR) is 87.8 cm³/mol. The van der Waals surface area contributed by atoms with Gasteiger partial charge < -0.3 is 11.1 Å². The van der Waals surface area contributed by atoms with Crippen LogP contribution in [0.1, 0.15) is 26.6 Å². The molecule has 3 rings (SSSR count). The maximum atomic E-state index is 12.0. The molecular formula is C16H20N4OS. The van der Waals surface area contributed by atoms with Gasteiger partial charge in [0.15, 0.2) is 0 Å². The Balaban J connectivity index is 1.47. The fraction of sp³-hybridized carbons (Fsp3) is 0.375. The Morgan fingerprint density at radius 1 is 1.36 bits per heavy atom. The SMILES string of the molecule is NCc1nc(C(=O)NCCN2CCc3ccccc3C2)cs1. The molecule has 0 aliphatic carbocycles. The summed E-state index contributed by atoms with van der Waals surface area (Å²) in [6.45, 7) is 3.87. The zero-order chi connectivity index (χ0) is 15.4. The summed E-state index contributed by atoms with van der Waals surface area (Å²) < 4.78 is 0. The Morgan fingerprint density at radius 3 is 2.95 bits per heavy atom. The number of aromatic nitrogens is 1. The third-order valence-electron chi connectivity index (χ3n) is 3.88. The van der Waals surface area contributed by atoms with Gasteiger partial charge in [-0.1, -0.05) is 24.3 Å². The second-order valence-electron chi connectivity index (χ2n) is 5.38. The van der Waals surface area contributed by atoms with E-state index in [0.29, 0.717) is 18.8 Å². The number of amides is 1. The summed E-state index contributed by atoms with van der Waals surface area (Å²) >= 11 is 1.42. The number of hydrogen-bond donors (Lipinski definition) is 2. The van der Waals surface area contributed by atoms with Crippen LogP contribution < -0.4 is 11.1 Å². The Hall–Kier alpha value is -1.76. The molecule has 0 atom stereocenters. The van der Waals surface area contributed by atoms with E-state index in [9.17, 15) is 4.79 Å². The first-order chi connectivity index (χ1) is 10.8. The highest BCUT2D eigenvalue weighted by atomic mass is 32.1. The van der Waals surface area contributed by atoms with Crippen molar-refractivity contribution >= 4 is 17.2 Å². The van der Waals surface area contributed by atoms with E-state index >= 15 is 0 Å². The van der Waals surface area contributed by atoms with Gasteiger partial charge in [-0.2, -0.15) is 0 Å². The van der Waals surface area contributed by atoms with E-state index < -0.39 is 0 Å². The number of nitrogens with one attached hydrogen (secondary N) is 1. The standard InChI is InChI=1S/C16H20N4OS/c17-9-15-19-14(11-22-15)16(21)18-6-8-20-7-5-12-3-1-2-4-13(12)10-20/h1-4,11H,5-10,17H2,(H,18,21). The molecule has 1 aliphatic rings. The third kappa shape index (κ3) is 3.52. The summed E-state index contributed by atoms with van der Waals surface area (Å²) in [5.74, 6) is -0.117. The van der Waals surface area contributed by atoms with Crippen LogP contribution in [-0.2, 0) is 19.5 Å². The number of carbonyl (C=O) groups is 1. The number of rotatable bonds is 5. The summed E-state index contributed by atoms with van der Waals surface area (Å²) in [6.07, 6.45) is 1.08. The van der Waals surface area contributed by atoms with Crippen LogP contribution >= 0.6 is 11.3 Å². The molecule has 2 heterocycles. The molecular weight excluding hydrogens is 296 g/mol. The zero-order valence-corrected chi connectivity index (χ0v) is 13.2. The van der Waals surface area contributed by atoms with Crippen LogP contribution in [0.15, 0.2) is 29.6 Å². The molecule has 1 aliphatic heterocycles. The summed E-state index contributed by atoms with van der Waals surface area (Å²) in [7, 11) is 0. The maximum Gasteiger partial charge on any atom is 0.270 e. The van der Waals surface area contributed by atoms with Crippen molar-refractivity contribution in [3.8, 4) is 0 Å². The monoisotopic (exact) mass is 316 g/mol. The second kappa shape index (κ2) is 7.00. The number of fused-ring (bicyclic) bond motifs is 1. The minimum atomic E-state index is -0.117. The number of nitrogens with two attached hydrogens (primary N) is 1. The van der Waals surface area contributed by atoms with E-state index in [1.165, 1.54) is 22.5 Å². The molecule has 0 bridgehead atoms. The van der Waals surface area contributed by atoms with E-state index in [4.69, 9.17) is 5.73 Å². The highest BCUT2D eigenvalue weighted by Gasteiger charge is 2.16. The maximum absolute atomic E-state index is 12.0. The lowest BCUT2D eigenvalue weighted by Gasteiger charge is -2.28. The highest BCUT2D eigenvalue weighted by Crippen LogP contribution is 2.17. The molecule has 0 spiro atoms. The van der Waals surface area contributed by atoms with Gasteiger partial charge in [-0.15, -0.1) is 11.3 Å². The van der Waals surface area contributed by atoms with Crippen molar-refractivity contribution in [3.05, 3.63) is 51.5 Å². The average molecular weight is 316 g/mol. The first-order valence-corrected chi connectivity index (χ1v) is 8.36. The lowest BCUT2D eigenvalue weighted by molar-refractivity contribution is 0.0943. The summed E-state index contributed by atoms with van der Waals surface area (Å²) in [6, 6.07) is 8.56. The smallest absolute Gasteiger partial charge is 0.270 e. The van der Waals surface area contributed by atoms with Crippen molar-refractivity contribution in [2.24, 2.45) is 5.73 Å². The van der Waals surface area contributed by atoms with Crippen LogP contribution in [0, 0.1) is 0 Å². The van der Waals surface area contributed by atoms with E-state index in [-0.39, 0.29) is 5.91 Å². The summed E-state index contributed by atoms with van der Waals surface area (Å²) in [5, 5.41) is 5.48. The van der Waals surface area contributed by atoms with E-state index in [1.807, 2.05) is 0 Å². The first-order valence-electron chi connectivity index (χ1n) is 7.48. The van der Waals surface area contributed by atoms with Gasteiger partial charge in [0.2, 0.25) is 0 Å². The second-order valence-corrected chi connectivity index (χ2v) is 6.32. The van der Waals surface area contributed by atoms with Crippen LogP contribution in [0.2, 0.25) is 0 Å². The van der Waals surface area contributed by atoms with Gasteiger partial charge in [0.05, 0.1) is 0 Å². The van der Waals surface area contributed by atoms with Gasteiger partial charge >= 0.3 is 0 Å². The lowest BCUT2D eigenvalue weighted by atomic mass is 10.00. The molecule has 0 unspecified atom stereocenters. The van der Waals surface area contributed by atoms with E-state index in [0.717, 1.165) is 31.1 Å². The predicted octanol–water partition coefficient (Wildman–Crippen LogP) is 1.39. The number of benzene rings is 1. The normalized spacial score (nSPS) is 14.6. The molecule has 0 radical (unpaired) electrons. The van der Waals surface area contributed by atoms with Gasteiger partial charge in [-0.25, -0.2) is 4.98 Å². The highest BCUT2D eigenvalue weighted by molar-refractivity contribution is 7.09. The fourth-order valence-electron chi connectivity index (χ4n) is 2.67. The molecule has 1 aromatic heterocycles. The van der Waals surface area contributed by atoms with Crippen molar-refractivity contribution in [2.75, 3.05) is 19.6 Å². The minimum absolute atomic E-state index is 0.117. The molecule has 6 heteroatoms. The molecule has 5 nitrogen and oxygen atoms in total. The van der Waals surface area contributed by atoms with E-state index in [2.05, 4.69) is 39.5 Å². The van der Waals surface area contributed by atoms with E-state index in [1.54, 1.807) is 5.38 Å². The minimum Gasteiger partial charge on any atom is -0.349 e. The van der Waals surface area contributed by atoms with Crippen molar-refractivity contribution in [1.82, 2.24) is 15.2 Å². The molecule has 1 amide bonds. The van der Waals surface area contributed by atoms with Crippen LogP contribution in [0.4, 0.5) is 0 Å². The Morgan fingerprint density at radius 2 is 2.18 bits per heavy atom. The molecule has 22 heavy (non-hydrogen) atoms. The number of nitrogens with zero attached hydrogens (tertiary/aromatic N) is 2. The topological polar surface area (TPSA) is 71.2 Å². The lowest BCUT2D eigenvalue weighted by Crippen LogP contribution is -2.37. The van der Waals surface area contributed by atoms with Crippen LogP contribution in [-0.4, -0.2) is 35.4 Å². The number of hydrogen-bond acceptors (Lipinski definition) is 5. The number of carbonyl (C=O) groups excluding carboxylic acids is 1. The molecule has 3 N–H and O–H groups in total. The van der Waals surface area contributed by atoms with Crippen LogP contribution in [0.25, 0.3) is 0 Å². The number of thiazole rings is 1. The Bertz CT molecular complexity index is 655. The third-order valence-corrected chi connectivity index (χ3v) is 4.75. The van der Waals surface area contributed by atoms with Crippen molar-refractivity contribution in [2.45, 2.75) is 19.5 Å². The van der Waals surface area contributed by atoms with Gasteiger partial charge in [0.25, 0.3) is 5.91 Å². The molecule has 0 saturated heterocycles. The van der Waals surface area contributed by atoms with Gasteiger partial charge in [0, 0.05) is 38.1 Å². The quantitative estimate of drug-likeness (QED) is 0.874. The fourth-order valence-corrected chi connectivity index (χ4v) is 3.33. The van der Waals surface area contributed by atoms with Gasteiger partial charge in [-0.05, 0) is 17.5 Å². The van der Waals surface area contributed by atoms with Crippen molar-refractivity contribution in [3.63, 3.8) is 0 Å². The van der Waals surface area contributed by atoms with Gasteiger partial charge in [-0.3, -0.25) is 9.69 Å². The van der Waals surface area contributed by atoms with Gasteiger partial charge in [0.1, 0.15) is 10.7 Å². The van der Waals surface area contributed by atoms with Crippen molar-refractivity contribution < 1.29 is 4.79 Å². The summed E-state index contributed by atoms with van der Waals surface area (Å²) in [5.41, 5.74) is 8.82. The van der Waals surface area contributed by atoms with Crippen molar-refractivity contribution in [1.29, 1.82) is 0 Å². The molecule has 1 aromatic carbocycles. The largest absolute Gasteiger partial charge is 0.349 e. The molecule has 116 valence electrons. The average Bonchev–Trinajstić information content (AvgIpc) is 3.04. The summed E-state index contributed by atoms with van der Waals surface area (Å²) in [4.78, 5) is 18.5. The zero-order valence-electron chi connectivity index (χ0n) is 12.4. The Kier molecular flexibility index (Phi) is 4.82. The molecule has 0 saturated carbocycles. The van der Waals surface area contributed by atoms with Crippen LogP contribution in [0.3, 0.4) is 0 Å². The van der Waals surface area contributed by atoms with Crippen LogP contribution in [0.5, 0.6) is 0 Å².